The molecule has 1 aromatic carbocycles. The van der Waals surface area contributed by atoms with Gasteiger partial charge in [-0.2, -0.15) is 0 Å². The molecule has 0 atom stereocenters. The predicted octanol–water partition coefficient (Wildman–Crippen LogP) is 2.01. The lowest BCUT2D eigenvalue weighted by molar-refractivity contribution is 0.0696. The third-order valence-corrected chi connectivity index (χ3v) is 2.48. The third-order valence-electron chi connectivity index (χ3n) is 2.17. The number of hydrogen-bond donors (Lipinski definition) is 2. The first-order valence-corrected chi connectivity index (χ1v) is 4.36. The zero-order valence-corrected chi connectivity index (χ0v) is 7.56. The van der Waals surface area contributed by atoms with Gasteiger partial charge in [-0.1, -0.05) is 11.6 Å². The smallest absolute Gasteiger partial charge is 0.337 e. The number of anilines is 1. The largest absolute Gasteiger partial charge is 0.478 e. The summed E-state index contributed by atoms with van der Waals surface area (Å²) < 4.78 is 0. The highest BCUT2D eigenvalue weighted by atomic mass is 35.5. The van der Waals surface area contributed by atoms with Crippen molar-refractivity contribution in [3.05, 3.63) is 28.3 Å². The van der Waals surface area contributed by atoms with Gasteiger partial charge in [-0.25, -0.2) is 4.79 Å². The van der Waals surface area contributed by atoms with Crippen molar-refractivity contribution in [3.63, 3.8) is 0 Å². The number of carboxylic acid groups (broad SMARTS) is 1. The Labute approximate surface area is 80.3 Å². The molecular formula is C9H8ClNO2. The number of benzene rings is 1. The minimum atomic E-state index is -0.953. The molecule has 0 amide bonds. The molecule has 0 spiro atoms. The molecule has 0 aliphatic carbocycles. The molecule has 0 aromatic heterocycles. The van der Waals surface area contributed by atoms with Crippen molar-refractivity contribution >= 4 is 23.3 Å². The van der Waals surface area contributed by atoms with E-state index >= 15 is 0 Å². The van der Waals surface area contributed by atoms with Crippen molar-refractivity contribution in [2.75, 3.05) is 11.9 Å². The van der Waals surface area contributed by atoms with E-state index in [4.69, 9.17) is 16.7 Å². The van der Waals surface area contributed by atoms with Crippen LogP contribution in [0.3, 0.4) is 0 Å². The van der Waals surface area contributed by atoms with Gasteiger partial charge in [0.1, 0.15) is 0 Å². The van der Waals surface area contributed by atoms with Gasteiger partial charge in [0.25, 0.3) is 0 Å². The number of halogens is 1. The second-order valence-corrected chi connectivity index (χ2v) is 3.34. The molecule has 2 N–H and O–H groups in total. The van der Waals surface area contributed by atoms with E-state index in [0.717, 1.165) is 24.2 Å². The Morgan fingerprint density at radius 3 is 3.00 bits per heavy atom. The van der Waals surface area contributed by atoms with Crippen LogP contribution in [0.2, 0.25) is 5.02 Å². The van der Waals surface area contributed by atoms with E-state index in [0.29, 0.717) is 5.02 Å². The Balaban J connectivity index is 2.65. The zero-order chi connectivity index (χ0) is 9.42. The molecule has 1 aliphatic rings. The number of fused-ring (bicyclic) bond motifs is 1. The van der Waals surface area contributed by atoms with Crippen LogP contribution in [0, 0.1) is 0 Å². The SMILES string of the molecule is O=C(O)c1c(Cl)ccc2c1CCN2. The summed E-state index contributed by atoms with van der Waals surface area (Å²) in [7, 11) is 0. The molecule has 0 fully saturated rings. The number of carbonyl (C=O) groups is 1. The van der Waals surface area contributed by atoms with Crippen LogP contribution in [0.4, 0.5) is 5.69 Å². The molecule has 4 heteroatoms. The average Bonchev–Trinajstić information content (AvgIpc) is 2.50. The van der Waals surface area contributed by atoms with Crippen LogP contribution in [0.25, 0.3) is 0 Å². The predicted molar refractivity (Wildman–Crippen MR) is 50.6 cm³/mol. The quantitative estimate of drug-likeness (QED) is 0.724. The lowest BCUT2D eigenvalue weighted by Crippen LogP contribution is -2.02. The molecule has 1 aliphatic heterocycles. The normalized spacial score (nSPS) is 13.6. The molecule has 0 radical (unpaired) electrons. The highest BCUT2D eigenvalue weighted by molar-refractivity contribution is 6.33. The molecule has 68 valence electrons. The van der Waals surface area contributed by atoms with Gasteiger partial charge >= 0.3 is 5.97 Å². The van der Waals surface area contributed by atoms with Gasteiger partial charge in [-0.3, -0.25) is 0 Å². The van der Waals surface area contributed by atoms with Crippen molar-refractivity contribution in [3.8, 4) is 0 Å². The van der Waals surface area contributed by atoms with E-state index in [1.54, 1.807) is 6.07 Å². The Morgan fingerprint density at radius 1 is 1.54 bits per heavy atom. The molecule has 0 saturated heterocycles. The van der Waals surface area contributed by atoms with Gasteiger partial charge in [-0.05, 0) is 24.1 Å². The van der Waals surface area contributed by atoms with Gasteiger partial charge < -0.3 is 10.4 Å². The molecule has 1 aromatic rings. The molecule has 2 rings (SSSR count). The Hall–Kier alpha value is -1.22. The number of carboxylic acids is 1. The fourth-order valence-corrected chi connectivity index (χ4v) is 1.86. The lowest BCUT2D eigenvalue weighted by atomic mass is 10.1. The highest BCUT2D eigenvalue weighted by Crippen LogP contribution is 2.30. The van der Waals surface area contributed by atoms with Gasteiger partial charge in [0.05, 0.1) is 10.6 Å². The summed E-state index contributed by atoms with van der Waals surface area (Å²) in [5, 5.41) is 12.3. The Morgan fingerprint density at radius 2 is 2.31 bits per heavy atom. The van der Waals surface area contributed by atoms with Crippen LogP contribution < -0.4 is 5.32 Å². The van der Waals surface area contributed by atoms with Crippen LogP contribution in [-0.2, 0) is 6.42 Å². The fourth-order valence-electron chi connectivity index (χ4n) is 1.60. The van der Waals surface area contributed by atoms with Gasteiger partial charge in [0.15, 0.2) is 0 Å². The second kappa shape index (κ2) is 2.92. The average molecular weight is 198 g/mol. The lowest BCUT2D eigenvalue weighted by Gasteiger charge is -2.05. The first-order valence-electron chi connectivity index (χ1n) is 3.98. The van der Waals surface area contributed by atoms with E-state index in [1.165, 1.54) is 0 Å². The van der Waals surface area contributed by atoms with Crippen molar-refractivity contribution < 1.29 is 9.90 Å². The van der Waals surface area contributed by atoms with Crippen LogP contribution in [0.15, 0.2) is 12.1 Å². The first-order chi connectivity index (χ1) is 6.20. The van der Waals surface area contributed by atoms with E-state index in [1.807, 2.05) is 6.07 Å². The molecule has 1 heterocycles. The van der Waals surface area contributed by atoms with Crippen LogP contribution >= 0.6 is 11.6 Å². The maximum Gasteiger partial charge on any atom is 0.337 e. The fraction of sp³-hybridized carbons (Fsp3) is 0.222. The Bertz CT molecular complexity index is 376. The highest BCUT2D eigenvalue weighted by Gasteiger charge is 2.20. The van der Waals surface area contributed by atoms with E-state index in [2.05, 4.69) is 5.32 Å². The number of nitrogens with one attached hydrogen (secondary N) is 1. The zero-order valence-electron chi connectivity index (χ0n) is 6.80. The van der Waals surface area contributed by atoms with E-state index in [9.17, 15) is 4.79 Å². The van der Waals surface area contributed by atoms with Gasteiger partial charge in [0, 0.05) is 12.2 Å². The van der Waals surface area contributed by atoms with Gasteiger partial charge in [0.2, 0.25) is 0 Å². The number of rotatable bonds is 1. The summed E-state index contributed by atoms with van der Waals surface area (Å²) in [6, 6.07) is 3.43. The summed E-state index contributed by atoms with van der Waals surface area (Å²) in [4.78, 5) is 10.9. The van der Waals surface area contributed by atoms with Crippen molar-refractivity contribution in [1.29, 1.82) is 0 Å². The Kier molecular flexibility index (Phi) is 1.88. The molecular weight excluding hydrogens is 190 g/mol. The summed E-state index contributed by atoms with van der Waals surface area (Å²) >= 11 is 5.79. The summed E-state index contributed by atoms with van der Waals surface area (Å²) in [5.41, 5.74) is 1.95. The van der Waals surface area contributed by atoms with E-state index < -0.39 is 5.97 Å². The molecule has 0 saturated carbocycles. The summed E-state index contributed by atoms with van der Waals surface area (Å²) in [5.74, 6) is -0.953. The summed E-state index contributed by atoms with van der Waals surface area (Å²) in [6.45, 7) is 0.788. The minimum Gasteiger partial charge on any atom is -0.478 e. The van der Waals surface area contributed by atoms with Crippen molar-refractivity contribution in [2.45, 2.75) is 6.42 Å². The topological polar surface area (TPSA) is 49.3 Å². The first kappa shape index (κ1) is 8.38. The number of hydrogen-bond acceptors (Lipinski definition) is 2. The van der Waals surface area contributed by atoms with Crippen molar-refractivity contribution in [2.24, 2.45) is 0 Å². The standard InChI is InChI=1S/C9H8ClNO2/c10-6-1-2-7-5(3-4-11-7)8(6)9(12)13/h1-2,11H,3-4H2,(H,12,13). The van der Waals surface area contributed by atoms with Crippen LogP contribution in [-0.4, -0.2) is 17.6 Å². The third kappa shape index (κ3) is 1.25. The molecule has 0 bridgehead atoms. The monoisotopic (exact) mass is 197 g/mol. The number of aromatic carboxylic acids is 1. The molecule has 0 unspecified atom stereocenters. The minimum absolute atomic E-state index is 0.240. The molecule has 3 nitrogen and oxygen atoms in total. The van der Waals surface area contributed by atoms with Gasteiger partial charge in [-0.15, -0.1) is 0 Å². The second-order valence-electron chi connectivity index (χ2n) is 2.93. The maximum absolute atomic E-state index is 10.9. The summed E-state index contributed by atoms with van der Waals surface area (Å²) in [6.07, 6.45) is 0.734. The van der Waals surface area contributed by atoms with Crippen molar-refractivity contribution in [1.82, 2.24) is 0 Å². The molecule has 13 heavy (non-hydrogen) atoms. The van der Waals surface area contributed by atoms with Crippen LogP contribution in [0.1, 0.15) is 15.9 Å². The van der Waals surface area contributed by atoms with E-state index in [-0.39, 0.29) is 5.56 Å². The van der Waals surface area contributed by atoms with Crippen LogP contribution in [0.5, 0.6) is 0 Å². The maximum atomic E-state index is 10.9.